The lowest BCUT2D eigenvalue weighted by molar-refractivity contribution is -0.0412. The molecule has 0 spiro atoms. The number of halogens is 3. The number of benzene rings is 1. The fourth-order valence-corrected chi connectivity index (χ4v) is 4.96. The number of hydrogen-bond acceptors (Lipinski definition) is 3. The van der Waals surface area contributed by atoms with E-state index in [0.29, 0.717) is 36.0 Å². The third-order valence-corrected chi connectivity index (χ3v) is 6.60. The molecule has 3 atom stereocenters. The number of nitrogens with zero attached hydrogens (tertiary/aromatic N) is 1. The molecule has 2 fully saturated rings. The van der Waals surface area contributed by atoms with Crippen LogP contribution in [0.3, 0.4) is 0 Å². The smallest absolute Gasteiger partial charge is 0.268 e. The number of nitrogens with two attached hydrogens (primary N) is 1. The molecule has 0 aliphatic heterocycles. The van der Waals surface area contributed by atoms with Gasteiger partial charge in [-0.3, -0.25) is 14.6 Å². The highest BCUT2D eigenvalue weighted by Crippen LogP contribution is 2.56. The van der Waals surface area contributed by atoms with Crippen molar-refractivity contribution < 1.29 is 18.0 Å². The number of aromatic amines is 1. The molecule has 0 bridgehead atoms. The van der Waals surface area contributed by atoms with Crippen molar-refractivity contribution in [3.63, 3.8) is 0 Å². The van der Waals surface area contributed by atoms with Crippen molar-refractivity contribution in [2.75, 3.05) is 0 Å². The Balaban J connectivity index is 0.000000260. The number of fused-ring (bicyclic) bond motifs is 2. The van der Waals surface area contributed by atoms with Crippen LogP contribution in [0.25, 0.3) is 10.9 Å². The lowest BCUT2D eigenvalue weighted by atomic mass is 9.97. The van der Waals surface area contributed by atoms with E-state index in [1.54, 1.807) is 25.1 Å². The molecule has 168 valence electrons. The van der Waals surface area contributed by atoms with E-state index in [9.17, 15) is 22.8 Å². The number of primary amides is 1. The molecule has 2 aliphatic rings. The SMILES string of the molecule is Cc1ccccc1F.NC(=O)c1nccc2[nH]c(C3CC4CCC(F)(F)C4C3)cc(=O)c12. The van der Waals surface area contributed by atoms with Crippen LogP contribution in [0.1, 0.15) is 53.3 Å². The second-order valence-corrected chi connectivity index (χ2v) is 8.62. The molecule has 3 N–H and O–H groups in total. The van der Waals surface area contributed by atoms with Crippen LogP contribution >= 0.6 is 0 Å². The van der Waals surface area contributed by atoms with Gasteiger partial charge in [-0.25, -0.2) is 13.2 Å². The van der Waals surface area contributed by atoms with Crippen molar-refractivity contribution in [3.8, 4) is 0 Å². The van der Waals surface area contributed by atoms with Gasteiger partial charge in [0.05, 0.1) is 10.9 Å². The molecule has 1 amide bonds. The Bertz CT molecular complexity index is 1200. The predicted molar refractivity (Wildman–Crippen MR) is 115 cm³/mol. The number of hydrogen-bond donors (Lipinski definition) is 2. The average molecular weight is 443 g/mol. The molecule has 3 aromatic rings. The Morgan fingerprint density at radius 2 is 1.97 bits per heavy atom. The summed E-state index contributed by atoms with van der Waals surface area (Å²) in [6.45, 7) is 1.75. The van der Waals surface area contributed by atoms with E-state index in [1.807, 2.05) is 6.07 Å². The predicted octanol–water partition coefficient (Wildman–Crippen LogP) is 4.70. The van der Waals surface area contributed by atoms with Crippen LogP contribution in [0.15, 0.2) is 47.4 Å². The Kier molecular flexibility index (Phi) is 5.79. The number of aromatic nitrogens is 2. The topological polar surface area (TPSA) is 88.8 Å². The van der Waals surface area contributed by atoms with Gasteiger partial charge in [0.25, 0.3) is 11.8 Å². The maximum absolute atomic E-state index is 13.9. The average Bonchev–Trinajstić information content (AvgIpc) is 3.31. The molecule has 5 rings (SSSR count). The van der Waals surface area contributed by atoms with Gasteiger partial charge in [-0.15, -0.1) is 0 Å². The molecule has 3 unspecified atom stereocenters. The van der Waals surface area contributed by atoms with Crippen LogP contribution in [0.5, 0.6) is 0 Å². The highest BCUT2D eigenvalue weighted by Gasteiger charge is 2.54. The van der Waals surface area contributed by atoms with E-state index in [4.69, 9.17) is 5.73 Å². The molecule has 32 heavy (non-hydrogen) atoms. The first kappa shape index (κ1) is 22.0. The summed E-state index contributed by atoms with van der Waals surface area (Å²) in [5.74, 6) is -4.17. The zero-order valence-corrected chi connectivity index (χ0v) is 17.6. The highest BCUT2D eigenvalue weighted by molar-refractivity contribution is 6.03. The summed E-state index contributed by atoms with van der Waals surface area (Å²) in [6, 6.07) is 9.70. The minimum absolute atomic E-state index is 0.0165. The quantitative estimate of drug-likeness (QED) is 0.602. The third kappa shape index (κ3) is 4.13. The first-order valence-corrected chi connectivity index (χ1v) is 10.6. The van der Waals surface area contributed by atoms with Gasteiger partial charge >= 0.3 is 0 Å². The van der Waals surface area contributed by atoms with Crippen LogP contribution in [-0.2, 0) is 0 Å². The zero-order chi connectivity index (χ0) is 23.0. The van der Waals surface area contributed by atoms with Crippen molar-refractivity contribution in [2.24, 2.45) is 17.6 Å². The summed E-state index contributed by atoms with van der Waals surface area (Å²) in [5, 5.41) is 0.150. The van der Waals surface area contributed by atoms with E-state index < -0.39 is 17.7 Å². The second kappa shape index (κ2) is 8.41. The number of aryl methyl sites for hydroxylation is 1. The molecule has 2 aliphatic carbocycles. The Labute approximate surface area is 182 Å². The number of H-pyrrole nitrogens is 1. The Morgan fingerprint density at radius 1 is 1.22 bits per heavy atom. The van der Waals surface area contributed by atoms with Crippen molar-refractivity contribution >= 4 is 16.8 Å². The van der Waals surface area contributed by atoms with Crippen LogP contribution in [0.2, 0.25) is 0 Å². The molecule has 8 heteroatoms. The van der Waals surface area contributed by atoms with E-state index >= 15 is 0 Å². The molecular weight excluding hydrogens is 419 g/mol. The minimum Gasteiger partial charge on any atom is -0.364 e. The lowest BCUT2D eigenvalue weighted by Gasteiger charge is -2.18. The normalized spacial score (nSPS) is 23.4. The van der Waals surface area contributed by atoms with Crippen LogP contribution in [0, 0.1) is 24.6 Å². The number of carbonyl (C=O) groups is 1. The van der Waals surface area contributed by atoms with Crippen LogP contribution in [0.4, 0.5) is 13.2 Å². The zero-order valence-electron chi connectivity index (χ0n) is 17.6. The van der Waals surface area contributed by atoms with Crippen molar-refractivity contribution in [2.45, 2.75) is 44.4 Å². The molecular formula is C24H24F3N3O2. The first-order valence-electron chi connectivity index (χ1n) is 10.6. The fraction of sp³-hybridized carbons (Fsp3) is 0.375. The van der Waals surface area contributed by atoms with Gasteiger partial charge in [0.15, 0.2) is 5.43 Å². The summed E-state index contributed by atoms with van der Waals surface area (Å²) in [6.07, 6.45) is 2.96. The summed E-state index contributed by atoms with van der Waals surface area (Å²) in [4.78, 5) is 30.9. The standard InChI is InChI=1S/C17H17F2N3O2.C7H7F/c18-17(19)3-1-8-5-9(6-10(8)17)12-7-13(23)14-11(22-12)2-4-21-15(14)16(20)24;1-6-4-2-3-5-7(6)8/h2,4,7-10H,1,3,5-6H2,(H2,20,24)(H,22,23);2-5H,1H3. The fourth-order valence-electron chi connectivity index (χ4n) is 4.96. The number of carbonyl (C=O) groups excluding carboxylic acids is 1. The van der Waals surface area contributed by atoms with Gasteiger partial charge in [-0.05, 0) is 55.7 Å². The molecule has 1 aromatic carbocycles. The molecule has 0 radical (unpaired) electrons. The number of nitrogens with one attached hydrogen (secondary N) is 1. The summed E-state index contributed by atoms with van der Waals surface area (Å²) < 4.78 is 40.2. The van der Waals surface area contributed by atoms with Gasteiger partial charge in [0.2, 0.25) is 0 Å². The van der Waals surface area contributed by atoms with Crippen LogP contribution in [-0.4, -0.2) is 21.8 Å². The van der Waals surface area contributed by atoms with Gasteiger partial charge in [0.1, 0.15) is 11.5 Å². The Hall–Kier alpha value is -3.16. The summed E-state index contributed by atoms with van der Waals surface area (Å²) in [7, 11) is 0. The lowest BCUT2D eigenvalue weighted by Crippen LogP contribution is -2.22. The number of alkyl halides is 2. The minimum atomic E-state index is -2.60. The monoisotopic (exact) mass is 443 g/mol. The van der Waals surface area contributed by atoms with Crippen molar-refractivity contribution in [1.82, 2.24) is 9.97 Å². The summed E-state index contributed by atoms with van der Waals surface area (Å²) in [5.41, 5.74) is 6.65. The Morgan fingerprint density at radius 3 is 2.59 bits per heavy atom. The molecule has 2 aromatic heterocycles. The molecule has 2 saturated carbocycles. The number of pyridine rings is 2. The van der Waals surface area contributed by atoms with Gasteiger partial charge in [-0.1, -0.05) is 18.2 Å². The maximum atomic E-state index is 13.9. The highest BCUT2D eigenvalue weighted by atomic mass is 19.3. The van der Waals surface area contributed by atoms with Crippen molar-refractivity contribution in [1.29, 1.82) is 0 Å². The summed E-state index contributed by atoms with van der Waals surface area (Å²) >= 11 is 0. The van der Waals surface area contributed by atoms with Gasteiger partial charge in [-0.2, -0.15) is 0 Å². The molecule has 5 nitrogen and oxygen atoms in total. The molecule has 0 saturated heterocycles. The van der Waals surface area contributed by atoms with E-state index in [0.717, 1.165) is 0 Å². The first-order chi connectivity index (χ1) is 15.2. The van der Waals surface area contributed by atoms with E-state index in [1.165, 1.54) is 18.3 Å². The number of rotatable bonds is 2. The van der Waals surface area contributed by atoms with E-state index in [2.05, 4.69) is 9.97 Å². The van der Waals surface area contributed by atoms with E-state index in [-0.39, 0.29) is 40.6 Å². The van der Waals surface area contributed by atoms with Crippen molar-refractivity contribution in [3.05, 3.63) is 75.6 Å². The maximum Gasteiger partial charge on any atom is 0.268 e. The number of amides is 1. The largest absolute Gasteiger partial charge is 0.364 e. The molecule has 2 heterocycles. The third-order valence-electron chi connectivity index (χ3n) is 6.60. The van der Waals surface area contributed by atoms with Crippen LogP contribution < -0.4 is 11.2 Å². The van der Waals surface area contributed by atoms with Gasteiger partial charge in [0, 0.05) is 30.3 Å². The van der Waals surface area contributed by atoms with Gasteiger partial charge < -0.3 is 10.7 Å². The second-order valence-electron chi connectivity index (χ2n) is 8.62.